The van der Waals surface area contributed by atoms with Crippen LogP contribution in [-0.4, -0.2) is 35.1 Å². The minimum atomic E-state index is -0.626. The molecular formula is C13H25NO2. The predicted octanol–water partition coefficient (Wildman–Crippen LogP) is 2.90. The van der Waals surface area contributed by atoms with Crippen LogP contribution in [0.2, 0.25) is 0 Å². The van der Waals surface area contributed by atoms with Gasteiger partial charge in [-0.2, -0.15) is 0 Å². The molecule has 1 aliphatic rings. The second-order valence-corrected chi connectivity index (χ2v) is 4.80. The molecule has 0 bridgehead atoms. The van der Waals surface area contributed by atoms with Crippen molar-refractivity contribution in [3.8, 4) is 0 Å². The zero-order chi connectivity index (χ0) is 11.8. The van der Waals surface area contributed by atoms with Gasteiger partial charge in [0.15, 0.2) is 0 Å². The monoisotopic (exact) mass is 227 g/mol. The van der Waals surface area contributed by atoms with Crippen molar-refractivity contribution in [2.24, 2.45) is 0 Å². The molecule has 1 unspecified atom stereocenters. The summed E-state index contributed by atoms with van der Waals surface area (Å²) in [6, 6.07) is -0.225. The molecule has 3 heteroatoms. The summed E-state index contributed by atoms with van der Waals surface area (Å²) < 4.78 is 0. The van der Waals surface area contributed by atoms with Crippen molar-refractivity contribution in [3.63, 3.8) is 0 Å². The Balaban J connectivity index is 2.31. The molecule has 1 N–H and O–H groups in total. The fourth-order valence-electron chi connectivity index (χ4n) is 2.46. The quantitative estimate of drug-likeness (QED) is 0.680. The number of nitrogens with zero attached hydrogens (tertiary/aromatic N) is 1. The Morgan fingerprint density at radius 3 is 2.44 bits per heavy atom. The summed E-state index contributed by atoms with van der Waals surface area (Å²) in [4.78, 5) is 13.4. The fraction of sp³-hybridized carbons (Fsp3) is 0.923. The number of hydrogen-bond donors (Lipinski definition) is 1. The summed E-state index contributed by atoms with van der Waals surface area (Å²) in [7, 11) is 0. The van der Waals surface area contributed by atoms with Gasteiger partial charge < -0.3 is 5.11 Å². The average Bonchev–Trinajstić information content (AvgIpc) is 2.30. The molecule has 1 saturated heterocycles. The number of hydrogen-bond acceptors (Lipinski definition) is 2. The molecule has 1 rings (SSSR count). The number of rotatable bonds is 7. The molecule has 0 radical (unpaired) electrons. The first-order valence-corrected chi connectivity index (χ1v) is 6.72. The van der Waals surface area contributed by atoms with Crippen molar-refractivity contribution in [2.45, 2.75) is 64.3 Å². The molecule has 1 atom stereocenters. The maximum absolute atomic E-state index is 11.2. The van der Waals surface area contributed by atoms with E-state index in [0.29, 0.717) is 0 Å². The zero-order valence-electron chi connectivity index (χ0n) is 10.5. The van der Waals surface area contributed by atoms with Gasteiger partial charge in [0.2, 0.25) is 0 Å². The number of piperidine rings is 1. The highest BCUT2D eigenvalue weighted by Crippen LogP contribution is 2.17. The molecule has 3 nitrogen and oxygen atoms in total. The lowest BCUT2D eigenvalue weighted by Gasteiger charge is -2.32. The molecule has 0 aromatic heterocycles. The normalized spacial score (nSPS) is 19.6. The van der Waals surface area contributed by atoms with Crippen LogP contribution in [-0.2, 0) is 4.79 Å². The molecule has 0 spiro atoms. The van der Waals surface area contributed by atoms with Gasteiger partial charge in [0.25, 0.3) is 0 Å². The minimum Gasteiger partial charge on any atom is -0.480 e. The first-order chi connectivity index (χ1) is 7.75. The SMILES string of the molecule is CCCCCCC(C(=O)O)N1CCCCC1. The van der Waals surface area contributed by atoms with Crippen molar-refractivity contribution < 1.29 is 9.90 Å². The first-order valence-electron chi connectivity index (χ1n) is 6.72. The summed E-state index contributed by atoms with van der Waals surface area (Å²) >= 11 is 0. The fourth-order valence-corrected chi connectivity index (χ4v) is 2.46. The van der Waals surface area contributed by atoms with Crippen LogP contribution in [0.4, 0.5) is 0 Å². The lowest BCUT2D eigenvalue weighted by atomic mass is 10.0. The van der Waals surface area contributed by atoms with E-state index in [4.69, 9.17) is 0 Å². The molecule has 0 aliphatic carbocycles. The van der Waals surface area contributed by atoms with E-state index in [2.05, 4.69) is 11.8 Å². The van der Waals surface area contributed by atoms with E-state index in [9.17, 15) is 9.90 Å². The second kappa shape index (κ2) is 7.66. The van der Waals surface area contributed by atoms with Crippen molar-refractivity contribution in [1.82, 2.24) is 4.90 Å². The molecule has 1 aliphatic heterocycles. The van der Waals surface area contributed by atoms with Crippen LogP contribution in [0, 0.1) is 0 Å². The van der Waals surface area contributed by atoms with Crippen molar-refractivity contribution in [1.29, 1.82) is 0 Å². The highest BCUT2D eigenvalue weighted by molar-refractivity contribution is 5.73. The molecule has 0 amide bonds. The molecule has 94 valence electrons. The maximum atomic E-state index is 11.2. The van der Waals surface area contributed by atoms with Gasteiger partial charge >= 0.3 is 5.97 Å². The van der Waals surface area contributed by atoms with Crippen LogP contribution in [0.25, 0.3) is 0 Å². The van der Waals surface area contributed by atoms with Gasteiger partial charge in [-0.25, -0.2) is 0 Å². The molecule has 0 aromatic carbocycles. The zero-order valence-corrected chi connectivity index (χ0v) is 10.5. The van der Waals surface area contributed by atoms with Gasteiger partial charge in [-0.3, -0.25) is 9.69 Å². The molecule has 1 heterocycles. The Bertz CT molecular complexity index is 200. The van der Waals surface area contributed by atoms with Crippen molar-refractivity contribution >= 4 is 5.97 Å². The van der Waals surface area contributed by atoms with E-state index in [-0.39, 0.29) is 6.04 Å². The van der Waals surface area contributed by atoms with Gasteiger partial charge in [0, 0.05) is 0 Å². The summed E-state index contributed by atoms with van der Waals surface area (Å²) in [5.41, 5.74) is 0. The summed E-state index contributed by atoms with van der Waals surface area (Å²) in [5, 5.41) is 9.24. The Labute approximate surface area is 98.8 Å². The van der Waals surface area contributed by atoms with E-state index >= 15 is 0 Å². The highest BCUT2D eigenvalue weighted by atomic mass is 16.4. The largest absolute Gasteiger partial charge is 0.480 e. The number of aliphatic carboxylic acids is 1. The molecule has 0 saturated carbocycles. The number of carboxylic acid groups (broad SMARTS) is 1. The third-order valence-electron chi connectivity index (χ3n) is 3.45. The Morgan fingerprint density at radius 2 is 1.88 bits per heavy atom. The van der Waals surface area contributed by atoms with E-state index in [0.717, 1.165) is 25.9 Å². The number of carbonyl (C=O) groups is 1. The van der Waals surface area contributed by atoms with Crippen LogP contribution in [0.1, 0.15) is 58.3 Å². The van der Waals surface area contributed by atoms with Crippen LogP contribution in [0.15, 0.2) is 0 Å². The Morgan fingerprint density at radius 1 is 1.19 bits per heavy atom. The summed E-state index contributed by atoms with van der Waals surface area (Å²) in [6.07, 6.45) is 9.09. The smallest absolute Gasteiger partial charge is 0.320 e. The average molecular weight is 227 g/mol. The van der Waals surface area contributed by atoms with Crippen LogP contribution < -0.4 is 0 Å². The van der Waals surface area contributed by atoms with Crippen LogP contribution in [0.5, 0.6) is 0 Å². The van der Waals surface area contributed by atoms with Gasteiger partial charge in [0.1, 0.15) is 6.04 Å². The van der Waals surface area contributed by atoms with Gasteiger partial charge in [-0.15, -0.1) is 0 Å². The van der Waals surface area contributed by atoms with Gasteiger partial charge in [-0.05, 0) is 32.4 Å². The topological polar surface area (TPSA) is 40.5 Å². The second-order valence-electron chi connectivity index (χ2n) is 4.80. The third-order valence-corrected chi connectivity index (χ3v) is 3.45. The Hall–Kier alpha value is -0.570. The number of carboxylic acids is 1. The van der Waals surface area contributed by atoms with E-state index in [1.54, 1.807) is 0 Å². The molecule has 0 aromatic rings. The van der Waals surface area contributed by atoms with Crippen LogP contribution in [0.3, 0.4) is 0 Å². The standard InChI is InChI=1S/C13H25NO2/c1-2-3-4-6-9-12(13(15)16)14-10-7-5-8-11-14/h12H,2-11H2,1H3,(H,15,16). The Kier molecular flexibility index (Phi) is 6.46. The first kappa shape index (κ1) is 13.5. The third kappa shape index (κ3) is 4.52. The minimum absolute atomic E-state index is 0.225. The summed E-state index contributed by atoms with van der Waals surface area (Å²) in [5.74, 6) is -0.626. The van der Waals surface area contributed by atoms with Gasteiger partial charge in [-0.1, -0.05) is 39.0 Å². The lowest BCUT2D eigenvalue weighted by molar-refractivity contribution is -0.144. The predicted molar refractivity (Wildman–Crippen MR) is 65.6 cm³/mol. The maximum Gasteiger partial charge on any atom is 0.320 e. The van der Waals surface area contributed by atoms with Gasteiger partial charge in [0.05, 0.1) is 0 Å². The van der Waals surface area contributed by atoms with Crippen molar-refractivity contribution in [3.05, 3.63) is 0 Å². The molecular weight excluding hydrogens is 202 g/mol. The molecule has 1 fully saturated rings. The van der Waals surface area contributed by atoms with Crippen molar-refractivity contribution in [2.75, 3.05) is 13.1 Å². The number of unbranched alkanes of at least 4 members (excludes halogenated alkanes) is 3. The highest BCUT2D eigenvalue weighted by Gasteiger charge is 2.25. The van der Waals surface area contributed by atoms with Crippen LogP contribution >= 0.6 is 0 Å². The van der Waals surface area contributed by atoms with E-state index in [1.807, 2.05) is 0 Å². The van der Waals surface area contributed by atoms with E-state index in [1.165, 1.54) is 38.5 Å². The van der Waals surface area contributed by atoms with E-state index < -0.39 is 5.97 Å². The number of likely N-dealkylation sites (tertiary alicyclic amines) is 1. The molecule has 16 heavy (non-hydrogen) atoms. The summed E-state index contributed by atoms with van der Waals surface area (Å²) in [6.45, 7) is 4.13. The lowest BCUT2D eigenvalue weighted by Crippen LogP contribution is -2.44.